The van der Waals surface area contributed by atoms with Crippen LogP contribution >= 0.6 is 23.1 Å². The molecule has 1 aliphatic carbocycles. The Balaban J connectivity index is 1.15. The molecule has 1 unspecified atom stereocenters. The number of benzene rings is 1. The number of aromatic nitrogens is 2. The molecule has 32 heavy (non-hydrogen) atoms. The molecule has 1 atom stereocenters. The highest BCUT2D eigenvalue weighted by molar-refractivity contribution is 7.98. The summed E-state index contributed by atoms with van der Waals surface area (Å²) in [7, 11) is 0. The third-order valence-electron chi connectivity index (χ3n) is 5.99. The molecule has 0 radical (unpaired) electrons. The summed E-state index contributed by atoms with van der Waals surface area (Å²) < 4.78 is 5.95. The maximum absolute atomic E-state index is 12.5. The highest BCUT2D eigenvalue weighted by Crippen LogP contribution is 2.34. The summed E-state index contributed by atoms with van der Waals surface area (Å²) >= 11 is 3.25. The topological polar surface area (TPSA) is 88.0 Å². The first-order valence-electron chi connectivity index (χ1n) is 10.9. The Morgan fingerprint density at radius 1 is 1.34 bits per heavy atom. The molecule has 0 aliphatic heterocycles. The summed E-state index contributed by atoms with van der Waals surface area (Å²) in [6.07, 6.45) is 3.56. The van der Waals surface area contributed by atoms with E-state index in [1.165, 1.54) is 10.4 Å². The van der Waals surface area contributed by atoms with Gasteiger partial charge in [-0.1, -0.05) is 18.2 Å². The van der Waals surface area contributed by atoms with Crippen molar-refractivity contribution in [1.82, 2.24) is 15.3 Å². The number of thioether (sulfide) groups is 1. The highest BCUT2D eigenvalue weighted by atomic mass is 32.2. The van der Waals surface area contributed by atoms with Gasteiger partial charge >= 0.3 is 0 Å². The molecule has 8 heteroatoms. The van der Waals surface area contributed by atoms with Crippen LogP contribution in [0.15, 0.2) is 33.5 Å². The number of amides is 1. The summed E-state index contributed by atoms with van der Waals surface area (Å²) in [6, 6.07) is 7.71. The quantitative estimate of drug-likeness (QED) is 0.372. The zero-order chi connectivity index (χ0) is 22.2. The summed E-state index contributed by atoms with van der Waals surface area (Å²) in [4.78, 5) is 34.7. The number of carbonyl (C=O) groups excluding carboxylic acids is 1. The number of carbonyl (C=O) groups is 1. The molecule has 1 aromatic carbocycles. The van der Waals surface area contributed by atoms with Crippen molar-refractivity contribution in [2.75, 3.05) is 5.75 Å². The number of thiophene rings is 1. The van der Waals surface area contributed by atoms with Crippen molar-refractivity contribution >= 4 is 50.2 Å². The van der Waals surface area contributed by atoms with Gasteiger partial charge in [0, 0.05) is 28.0 Å². The Kier molecular flexibility index (Phi) is 5.82. The fourth-order valence-electron chi connectivity index (χ4n) is 4.43. The molecule has 1 aliphatic rings. The number of rotatable bonds is 7. The summed E-state index contributed by atoms with van der Waals surface area (Å²) in [5, 5.41) is 4.89. The van der Waals surface area contributed by atoms with Crippen LogP contribution < -0.4 is 10.9 Å². The van der Waals surface area contributed by atoms with Gasteiger partial charge in [0.2, 0.25) is 5.91 Å². The predicted molar refractivity (Wildman–Crippen MR) is 131 cm³/mol. The van der Waals surface area contributed by atoms with Crippen molar-refractivity contribution in [2.24, 2.45) is 0 Å². The molecular weight excluding hydrogens is 442 g/mol. The number of aryl methyl sites for hydroxylation is 3. The lowest BCUT2D eigenvalue weighted by atomic mass is 10.1. The molecule has 0 saturated heterocycles. The SMILES string of the molecule is Cc1c(C(C)NC(=O)CCSCc2nc3sc4c(c3c(=O)[nH]2)CCC4)oc2ccccc12. The molecule has 166 valence electrons. The molecule has 5 rings (SSSR count). The molecule has 4 aromatic rings. The van der Waals surface area contributed by atoms with Crippen molar-refractivity contribution < 1.29 is 9.21 Å². The van der Waals surface area contributed by atoms with E-state index >= 15 is 0 Å². The van der Waals surface area contributed by atoms with Gasteiger partial charge in [-0.05, 0) is 44.7 Å². The van der Waals surface area contributed by atoms with Gasteiger partial charge in [-0.3, -0.25) is 9.59 Å². The Morgan fingerprint density at radius 2 is 2.19 bits per heavy atom. The average Bonchev–Trinajstić information content (AvgIpc) is 3.44. The van der Waals surface area contributed by atoms with Crippen molar-refractivity contribution in [3.05, 3.63) is 62.2 Å². The Labute approximate surface area is 193 Å². The maximum atomic E-state index is 12.5. The van der Waals surface area contributed by atoms with E-state index in [2.05, 4.69) is 15.3 Å². The van der Waals surface area contributed by atoms with Crippen LogP contribution in [-0.4, -0.2) is 21.6 Å². The molecular formula is C24H25N3O3S2. The number of hydrogen-bond acceptors (Lipinski definition) is 6. The molecule has 3 heterocycles. The first kappa shape index (κ1) is 21.3. The minimum Gasteiger partial charge on any atom is -0.459 e. The number of nitrogens with one attached hydrogen (secondary N) is 2. The van der Waals surface area contributed by atoms with Crippen molar-refractivity contribution in [1.29, 1.82) is 0 Å². The van der Waals surface area contributed by atoms with Gasteiger partial charge in [-0.2, -0.15) is 11.8 Å². The number of para-hydroxylation sites is 1. The Hall–Kier alpha value is -2.58. The number of hydrogen-bond donors (Lipinski definition) is 2. The van der Waals surface area contributed by atoms with Crippen LogP contribution in [0.5, 0.6) is 0 Å². The lowest BCUT2D eigenvalue weighted by Gasteiger charge is -2.12. The molecule has 2 N–H and O–H groups in total. The minimum absolute atomic E-state index is 0.0172. The van der Waals surface area contributed by atoms with E-state index in [1.54, 1.807) is 23.1 Å². The van der Waals surface area contributed by atoms with E-state index in [-0.39, 0.29) is 17.5 Å². The molecule has 0 bridgehead atoms. The first-order valence-corrected chi connectivity index (χ1v) is 12.9. The second-order valence-electron chi connectivity index (χ2n) is 8.23. The Bertz CT molecular complexity index is 1370. The summed E-state index contributed by atoms with van der Waals surface area (Å²) in [5.41, 5.74) is 3.07. The third kappa shape index (κ3) is 3.97. The fourth-order valence-corrected chi connectivity index (χ4v) is 6.52. The third-order valence-corrected chi connectivity index (χ3v) is 8.14. The van der Waals surface area contributed by atoms with Crippen molar-refractivity contribution in [3.63, 3.8) is 0 Å². The van der Waals surface area contributed by atoms with Gasteiger partial charge < -0.3 is 14.7 Å². The zero-order valence-electron chi connectivity index (χ0n) is 18.1. The van der Waals surface area contributed by atoms with Gasteiger partial charge in [-0.15, -0.1) is 11.3 Å². The van der Waals surface area contributed by atoms with E-state index in [1.807, 2.05) is 38.1 Å². The smallest absolute Gasteiger partial charge is 0.259 e. The van der Waals surface area contributed by atoms with Crippen LogP contribution in [0.25, 0.3) is 21.2 Å². The van der Waals surface area contributed by atoms with Crippen LogP contribution in [-0.2, 0) is 23.4 Å². The van der Waals surface area contributed by atoms with E-state index in [0.717, 1.165) is 51.8 Å². The summed E-state index contributed by atoms with van der Waals surface area (Å²) in [6.45, 7) is 3.96. The zero-order valence-corrected chi connectivity index (χ0v) is 19.8. The normalized spacial score (nSPS) is 14.2. The van der Waals surface area contributed by atoms with E-state index < -0.39 is 0 Å². The van der Waals surface area contributed by atoms with Crippen LogP contribution in [0.2, 0.25) is 0 Å². The van der Waals surface area contributed by atoms with Gasteiger partial charge in [0.15, 0.2) is 0 Å². The minimum atomic E-state index is -0.193. The van der Waals surface area contributed by atoms with Gasteiger partial charge in [0.1, 0.15) is 22.0 Å². The molecule has 1 amide bonds. The van der Waals surface area contributed by atoms with E-state index in [9.17, 15) is 9.59 Å². The average molecular weight is 468 g/mol. The lowest BCUT2D eigenvalue weighted by molar-refractivity contribution is -0.121. The van der Waals surface area contributed by atoms with E-state index in [4.69, 9.17) is 4.42 Å². The number of nitrogens with zero attached hydrogens (tertiary/aromatic N) is 1. The van der Waals surface area contributed by atoms with Gasteiger partial charge in [0.25, 0.3) is 5.56 Å². The van der Waals surface area contributed by atoms with Crippen LogP contribution in [0, 0.1) is 6.92 Å². The largest absolute Gasteiger partial charge is 0.459 e. The molecule has 0 spiro atoms. The fraction of sp³-hybridized carbons (Fsp3) is 0.375. The van der Waals surface area contributed by atoms with Gasteiger partial charge in [0.05, 0.1) is 17.2 Å². The first-order chi connectivity index (χ1) is 15.5. The molecule has 6 nitrogen and oxygen atoms in total. The van der Waals surface area contributed by atoms with Crippen LogP contribution in [0.1, 0.15) is 53.4 Å². The molecule has 0 fully saturated rings. The second-order valence-corrected chi connectivity index (χ2v) is 10.4. The number of aromatic amines is 1. The maximum Gasteiger partial charge on any atom is 0.259 e. The lowest BCUT2D eigenvalue weighted by Crippen LogP contribution is -2.27. The molecule has 3 aromatic heterocycles. The monoisotopic (exact) mass is 467 g/mol. The summed E-state index contributed by atoms with van der Waals surface area (Å²) in [5.74, 6) is 2.69. The standard InChI is InChI=1S/C24H25N3O3S2/c1-13-15-6-3-4-8-17(15)30-22(13)14(2)25-20(28)10-11-31-12-19-26-23(29)21-16-7-5-9-18(16)32-24(21)27-19/h3-4,6,8,14H,5,7,9-12H2,1-2H3,(H,25,28)(H,26,27,29). The van der Waals surface area contributed by atoms with Crippen molar-refractivity contribution in [3.8, 4) is 0 Å². The second kappa shape index (κ2) is 8.75. The number of H-pyrrole nitrogens is 1. The van der Waals surface area contributed by atoms with E-state index in [0.29, 0.717) is 23.8 Å². The highest BCUT2D eigenvalue weighted by Gasteiger charge is 2.21. The predicted octanol–water partition coefficient (Wildman–Crippen LogP) is 5.03. The Morgan fingerprint density at radius 3 is 3.03 bits per heavy atom. The van der Waals surface area contributed by atoms with Crippen LogP contribution in [0.3, 0.4) is 0 Å². The van der Waals surface area contributed by atoms with Crippen LogP contribution in [0.4, 0.5) is 0 Å². The number of furan rings is 1. The number of fused-ring (bicyclic) bond motifs is 4. The van der Waals surface area contributed by atoms with Crippen molar-refractivity contribution in [2.45, 2.75) is 51.3 Å². The molecule has 0 saturated carbocycles. The van der Waals surface area contributed by atoms with Gasteiger partial charge in [-0.25, -0.2) is 4.98 Å².